The van der Waals surface area contributed by atoms with Crippen LogP contribution in [0.3, 0.4) is 0 Å². The number of anilines is 1. The largest absolute Gasteiger partial charge is 0.465 e. The average molecular weight is 361 g/mol. The van der Waals surface area contributed by atoms with E-state index in [1.165, 1.54) is 7.11 Å². The van der Waals surface area contributed by atoms with Crippen LogP contribution in [0, 0.1) is 3.57 Å². The predicted octanol–water partition coefficient (Wildman–Crippen LogP) is 1.40. The van der Waals surface area contributed by atoms with Crippen molar-refractivity contribution < 1.29 is 9.53 Å². The van der Waals surface area contributed by atoms with E-state index in [1.807, 2.05) is 6.07 Å². The standard InChI is InChI=1S/C12H16IN3O2/c1-18-12(17)10-6-8(13)7-15-11(10)16-4-2-9(14)3-5-16/h6-7,9H,2-5,14H2,1H3. The van der Waals surface area contributed by atoms with Gasteiger partial charge in [0.25, 0.3) is 0 Å². The van der Waals surface area contributed by atoms with E-state index in [0.717, 1.165) is 29.5 Å². The maximum absolute atomic E-state index is 11.8. The van der Waals surface area contributed by atoms with Gasteiger partial charge in [0.1, 0.15) is 11.4 Å². The molecule has 2 rings (SSSR count). The number of methoxy groups -OCH3 is 1. The Bertz CT molecular complexity index is 445. The monoisotopic (exact) mass is 361 g/mol. The number of esters is 1. The van der Waals surface area contributed by atoms with Gasteiger partial charge in [-0.05, 0) is 41.5 Å². The molecule has 1 aliphatic heterocycles. The van der Waals surface area contributed by atoms with Crippen molar-refractivity contribution in [1.29, 1.82) is 0 Å². The zero-order valence-corrected chi connectivity index (χ0v) is 12.4. The zero-order chi connectivity index (χ0) is 13.1. The van der Waals surface area contributed by atoms with Crippen molar-refractivity contribution >= 4 is 34.4 Å². The minimum atomic E-state index is -0.342. The number of pyridine rings is 1. The fourth-order valence-corrected chi connectivity index (χ4v) is 2.51. The molecule has 1 saturated heterocycles. The normalized spacial score (nSPS) is 16.7. The molecule has 6 heteroatoms. The Balaban J connectivity index is 2.29. The quantitative estimate of drug-likeness (QED) is 0.637. The fraction of sp³-hybridized carbons (Fsp3) is 0.500. The second-order valence-corrected chi connectivity index (χ2v) is 5.59. The molecular weight excluding hydrogens is 345 g/mol. The minimum absolute atomic E-state index is 0.256. The smallest absolute Gasteiger partial charge is 0.341 e. The summed E-state index contributed by atoms with van der Waals surface area (Å²) in [7, 11) is 1.39. The van der Waals surface area contributed by atoms with Gasteiger partial charge in [-0.2, -0.15) is 0 Å². The fourth-order valence-electron chi connectivity index (χ4n) is 2.06. The van der Waals surface area contributed by atoms with Crippen LogP contribution in [-0.4, -0.2) is 37.2 Å². The summed E-state index contributed by atoms with van der Waals surface area (Å²) in [5, 5.41) is 0. The number of carbonyl (C=O) groups excluding carboxylic acids is 1. The summed E-state index contributed by atoms with van der Waals surface area (Å²) in [4.78, 5) is 18.3. The van der Waals surface area contributed by atoms with Crippen molar-refractivity contribution in [3.63, 3.8) is 0 Å². The average Bonchev–Trinajstić information content (AvgIpc) is 2.39. The van der Waals surface area contributed by atoms with E-state index in [0.29, 0.717) is 11.4 Å². The number of ether oxygens (including phenoxy) is 1. The third-order valence-electron chi connectivity index (χ3n) is 3.08. The van der Waals surface area contributed by atoms with Gasteiger partial charge in [0.2, 0.25) is 0 Å². The molecule has 0 amide bonds. The number of piperidine rings is 1. The highest BCUT2D eigenvalue weighted by Crippen LogP contribution is 2.23. The summed E-state index contributed by atoms with van der Waals surface area (Å²) in [6, 6.07) is 2.06. The van der Waals surface area contributed by atoms with E-state index < -0.39 is 0 Å². The number of carbonyl (C=O) groups is 1. The molecule has 0 aromatic carbocycles. The highest BCUT2D eigenvalue weighted by Gasteiger charge is 2.23. The molecule has 0 radical (unpaired) electrons. The maximum Gasteiger partial charge on any atom is 0.341 e. The summed E-state index contributed by atoms with van der Waals surface area (Å²) in [5.41, 5.74) is 6.41. The van der Waals surface area contributed by atoms with Gasteiger partial charge < -0.3 is 15.4 Å². The molecule has 0 atom stereocenters. The second kappa shape index (κ2) is 5.83. The van der Waals surface area contributed by atoms with Crippen molar-refractivity contribution in [2.24, 2.45) is 5.73 Å². The third kappa shape index (κ3) is 2.92. The van der Waals surface area contributed by atoms with Crippen molar-refractivity contribution in [2.75, 3.05) is 25.1 Å². The molecule has 2 heterocycles. The number of rotatable bonds is 2. The summed E-state index contributed by atoms with van der Waals surface area (Å²) < 4.78 is 5.73. The van der Waals surface area contributed by atoms with Crippen LogP contribution in [0.2, 0.25) is 0 Å². The second-order valence-electron chi connectivity index (χ2n) is 4.34. The first-order valence-corrected chi connectivity index (χ1v) is 6.94. The van der Waals surface area contributed by atoms with E-state index in [9.17, 15) is 4.79 Å². The molecule has 5 nitrogen and oxygen atoms in total. The van der Waals surface area contributed by atoms with Gasteiger partial charge in [0.05, 0.1) is 7.11 Å². The van der Waals surface area contributed by atoms with Crippen molar-refractivity contribution in [3.8, 4) is 0 Å². The summed E-state index contributed by atoms with van der Waals surface area (Å²) in [6.45, 7) is 1.66. The number of halogens is 1. The van der Waals surface area contributed by atoms with E-state index in [2.05, 4.69) is 32.5 Å². The Kier molecular flexibility index (Phi) is 4.39. The predicted molar refractivity (Wildman–Crippen MR) is 77.7 cm³/mol. The highest BCUT2D eigenvalue weighted by molar-refractivity contribution is 14.1. The summed E-state index contributed by atoms with van der Waals surface area (Å²) in [5.74, 6) is 0.361. The first kappa shape index (κ1) is 13.5. The van der Waals surface area contributed by atoms with Crippen LogP contribution < -0.4 is 10.6 Å². The van der Waals surface area contributed by atoms with Crippen LogP contribution >= 0.6 is 22.6 Å². The summed E-state index contributed by atoms with van der Waals surface area (Å²) >= 11 is 2.14. The SMILES string of the molecule is COC(=O)c1cc(I)cnc1N1CCC(N)CC1. The van der Waals surface area contributed by atoms with Crippen LogP contribution in [0.4, 0.5) is 5.82 Å². The van der Waals surface area contributed by atoms with Crippen LogP contribution in [0.25, 0.3) is 0 Å². The van der Waals surface area contributed by atoms with Gasteiger partial charge in [0.15, 0.2) is 0 Å². The number of aromatic nitrogens is 1. The Labute approximate surface area is 120 Å². The van der Waals surface area contributed by atoms with Crippen LogP contribution in [-0.2, 0) is 4.74 Å². The first-order chi connectivity index (χ1) is 8.61. The molecule has 1 fully saturated rings. The molecule has 18 heavy (non-hydrogen) atoms. The lowest BCUT2D eigenvalue weighted by molar-refractivity contribution is 0.0601. The van der Waals surface area contributed by atoms with Gasteiger partial charge in [-0.3, -0.25) is 0 Å². The molecular formula is C12H16IN3O2. The topological polar surface area (TPSA) is 68.5 Å². The molecule has 0 spiro atoms. The number of nitrogens with zero attached hydrogens (tertiary/aromatic N) is 2. The van der Waals surface area contributed by atoms with Crippen LogP contribution in [0.5, 0.6) is 0 Å². The lowest BCUT2D eigenvalue weighted by atomic mass is 10.1. The molecule has 0 saturated carbocycles. The van der Waals surface area contributed by atoms with Gasteiger partial charge in [-0.15, -0.1) is 0 Å². The zero-order valence-electron chi connectivity index (χ0n) is 10.2. The Hall–Kier alpha value is -0.890. The molecule has 0 bridgehead atoms. The highest BCUT2D eigenvalue weighted by atomic mass is 127. The summed E-state index contributed by atoms with van der Waals surface area (Å²) in [6.07, 6.45) is 3.61. The Morgan fingerprint density at radius 2 is 2.22 bits per heavy atom. The van der Waals surface area contributed by atoms with E-state index in [-0.39, 0.29) is 12.0 Å². The number of hydrogen-bond donors (Lipinski definition) is 1. The molecule has 0 aliphatic carbocycles. The third-order valence-corrected chi connectivity index (χ3v) is 3.67. The molecule has 1 aromatic heterocycles. The molecule has 98 valence electrons. The Morgan fingerprint density at radius 3 is 2.83 bits per heavy atom. The van der Waals surface area contributed by atoms with E-state index >= 15 is 0 Å². The van der Waals surface area contributed by atoms with Crippen molar-refractivity contribution in [2.45, 2.75) is 18.9 Å². The Morgan fingerprint density at radius 1 is 1.56 bits per heavy atom. The minimum Gasteiger partial charge on any atom is -0.465 e. The van der Waals surface area contributed by atoms with Crippen molar-refractivity contribution in [3.05, 3.63) is 21.4 Å². The van der Waals surface area contributed by atoms with E-state index in [4.69, 9.17) is 10.5 Å². The number of hydrogen-bond acceptors (Lipinski definition) is 5. The lowest BCUT2D eigenvalue weighted by Gasteiger charge is -2.31. The molecule has 1 aromatic rings. The maximum atomic E-state index is 11.8. The van der Waals surface area contributed by atoms with E-state index in [1.54, 1.807) is 6.20 Å². The van der Waals surface area contributed by atoms with Gasteiger partial charge in [-0.1, -0.05) is 0 Å². The van der Waals surface area contributed by atoms with Crippen LogP contribution in [0.1, 0.15) is 23.2 Å². The lowest BCUT2D eigenvalue weighted by Crippen LogP contribution is -2.40. The van der Waals surface area contributed by atoms with Gasteiger partial charge >= 0.3 is 5.97 Å². The first-order valence-electron chi connectivity index (χ1n) is 5.86. The molecule has 2 N–H and O–H groups in total. The van der Waals surface area contributed by atoms with Gasteiger partial charge in [-0.25, -0.2) is 9.78 Å². The molecule has 0 unspecified atom stereocenters. The van der Waals surface area contributed by atoms with Gasteiger partial charge in [0, 0.05) is 28.9 Å². The van der Waals surface area contributed by atoms with Crippen LogP contribution in [0.15, 0.2) is 12.3 Å². The number of nitrogens with two attached hydrogens (primary N) is 1. The van der Waals surface area contributed by atoms with Crippen molar-refractivity contribution in [1.82, 2.24) is 4.98 Å². The molecule has 1 aliphatic rings.